The molecule has 2 heterocycles. The highest BCUT2D eigenvalue weighted by Gasteiger charge is 2.19. The lowest BCUT2D eigenvalue weighted by molar-refractivity contribution is 0.0705. The first-order valence-electron chi connectivity index (χ1n) is 8.86. The van der Waals surface area contributed by atoms with E-state index in [1.165, 1.54) is 19.0 Å². The Morgan fingerprint density at radius 1 is 1.54 bits per heavy atom. The van der Waals surface area contributed by atoms with E-state index < -0.39 is 5.91 Å². The molecular formula is C18H30N4O2. The summed E-state index contributed by atoms with van der Waals surface area (Å²) in [4.78, 5) is 20.7. The highest BCUT2D eigenvalue weighted by molar-refractivity contribution is 5.93. The van der Waals surface area contributed by atoms with Crippen LogP contribution in [-0.2, 0) is 13.0 Å². The third-order valence-corrected chi connectivity index (χ3v) is 4.83. The number of amides is 1. The summed E-state index contributed by atoms with van der Waals surface area (Å²) in [5, 5.41) is 8.71. The minimum Gasteiger partial charge on any atom is -0.306 e. The fourth-order valence-corrected chi connectivity index (χ4v) is 3.26. The topological polar surface area (TPSA) is 68.7 Å². The number of aromatic nitrogens is 1. The monoisotopic (exact) mass is 334 g/mol. The van der Waals surface area contributed by atoms with E-state index in [0.717, 1.165) is 56.3 Å². The van der Waals surface area contributed by atoms with Gasteiger partial charge in [0.05, 0.1) is 11.3 Å². The lowest BCUT2D eigenvalue weighted by atomic mass is 10.0. The van der Waals surface area contributed by atoms with Gasteiger partial charge in [-0.3, -0.25) is 19.9 Å². The normalized spacial score (nSPS) is 16.0. The van der Waals surface area contributed by atoms with Crippen molar-refractivity contribution in [3.63, 3.8) is 0 Å². The molecule has 0 saturated carbocycles. The number of nitrogens with one attached hydrogen (secondary N) is 1. The quantitative estimate of drug-likeness (QED) is 0.562. The standard InChI is InChI=1S/C18H30N4O2/c1-4-21(3)12-14(2)6-5-8-22-9-7-15-10-16(18(23)20-24)11-19-17(15)13-22/h10-11,14,24H,4-9,12-13H2,1-3H3,(H,20,23). The molecule has 134 valence electrons. The van der Waals surface area contributed by atoms with Gasteiger partial charge in [-0.1, -0.05) is 13.8 Å². The summed E-state index contributed by atoms with van der Waals surface area (Å²) in [5.41, 5.74) is 4.24. The molecule has 6 nitrogen and oxygen atoms in total. The molecule has 0 fully saturated rings. The first-order valence-corrected chi connectivity index (χ1v) is 8.86. The lowest BCUT2D eigenvalue weighted by Gasteiger charge is -2.28. The molecule has 0 aromatic carbocycles. The van der Waals surface area contributed by atoms with Crippen molar-refractivity contribution in [1.29, 1.82) is 0 Å². The van der Waals surface area contributed by atoms with E-state index >= 15 is 0 Å². The van der Waals surface area contributed by atoms with Crippen molar-refractivity contribution in [3.8, 4) is 0 Å². The van der Waals surface area contributed by atoms with E-state index in [0.29, 0.717) is 5.56 Å². The van der Waals surface area contributed by atoms with E-state index in [-0.39, 0.29) is 0 Å². The molecule has 1 atom stereocenters. The number of carbonyl (C=O) groups excluding carboxylic acids is 1. The van der Waals surface area contributed by atoms with Crippen LogP contribution in [0.4, 0.5) is 0 Å². The predicted molar refractivity (Wildman–Crippen MR) is 94.0 cm³/mol. The highest BCUT2D eigenvalue weighted by Crippen LogP contribution is 2.19. The maximum absolute atomic E-state index is 11.5. The molecular weight excluding hydrogens is 304 g/mol. The summed E-state index contributed by atoms with van der Waals surface area (Å²) in [6, 6.07) is 1.84. The van der Waals surface area contributed by atoms with E-state index in [4.69, 9.17) is 5.21 Å². The summed E-state index contributed by atoms with van der Waals surface area (Å²) >= 11 is 0. The van der Waals surface area contributed by atoms with Crippen LogP contribution >= 0.6 is 0 Å². The Balaban J connectivity index is 1.80. The Morgan fingerprint density at radius 2 is 2.33 bits per heavy atom. The fraction of sp³-hybridized carbons (Fsp3) is 0.667. The van der Waals surface area contributed by atoms with E-state index in [9.17, 15) is 4.79 Å². The van der Waals surface area contributed by atoms with Gasteiger partial charge in [0.1, 0.15) is 0 Å². The largest absolute Gasteiger partial charge is 0.306 e. The van der Waals surface area contributed by atoms with Crippen molar-refractivity contribution in [2.75, 3.05) is 33.2 Å². The van der Waals surface area contributed by atoms with Crippen molar-refractivity contribution < 1.29 is 10.0 Å². The molecule has 1 aliphatic rings. The maximum atomic E-state index is 11.5. The number of fused-ring (bicyclic) bond motifs is 1. The molecule has 1 aliphatic heterocycles. The molecule has 0 spiro atoms. The van der Waals surface area contributed by atoms with Crippen LogP contribution in [0.1, 0.15) is 48.3 Å². The highest BCUT2D eigenvalue weighted by atomic mass is 16.5. The molecule has 1 unspecified atom stereocenters. The molecule has 0 bridgehead atoms. The van der Waals surface area contributed by atoms with Crippen molar-refractivity contribution in [1.82, 2.24) is 20.3 Å². The second kappa shape index (κ2) is 9.11. The zero-order valence-corrected chi connectivity index (χ0v) is 15.1. The maximum Gasteiger partial charge on any atom is 0.276 e. The molecule has 24 heavy (non-hydrogen) atoms. The van der Waals surface area contributed by atoms with Gasteiger partial charge in [-0.25, -0.2) is 5.48 Å². The van der Waals surface area contributed by atoms with Crippen LogP contribution in [0.2, 0.25) is 0 Å². The number of carbonyl (C=O) groups is 1. The van der Waals surface area contributed by atoms with Gasteiger partial charge in [0.2, 0.25) is 0 Å². The minimum absolute atomic E-state index is 0.415. The summed E-state index contributed by atoms with van der Waals surface area (Å²) in [6.45, 7) is 9.74. The van der Waals surface area contributed by atoms with Crippen LogP contribution in [0.15, 0.2) is 12.3 Å². The average molecular weight is 334 g/mol. The van der Waals surface area contributed by atoms with Gasteiger partial charge >= 0.3 is 0 Å². The van der Waals surface area contributed by atoms with Gasteiger partial charge in [-0.05, 0) is 56.9 Å². The minimum atomic E-state index is -0.501. The van der Waals surface area contributed by atoms with Crippen molar-refractivity contribution in [2.45, 2.75) is 39.7 Å². The van der Waals surface area contributed by atoms with Crippen LogP contribution in [-0.4, -0.2) is 59.1 Å². The number of rotatable bonds is 8. The molecule has 0 aliphatic carbocycles. The summed E-state index contributed by atoms with van der Waals surface area (Å²) in [5.74, 6) is 0.225. The van der Waals surface area contributed by atoms with Gasteiger partial charge < -0.3 is 4.90 Å². The van der Waals surface area contributed by atoms with E-state index in [2.05, 4.69) is 35.7 Å². The first-order chi connectivity index (χ1) is 11.5. The Labute approximate surface area is 144 Å². The number of pyridine rings is 1. The number of hydrogen-bond acceptors (Lipinski definition) is 5. The zero-order chi connectivity index (χ0) is 17.5. The van der Waals surface area contributed by atoms with Crippen molar-refractivity contribution >= 4 is 5.91 Å². The van der Waals surface area contributed by atoms with Gasteiger partial charge in [0.25, 0.3) is 5.91 Å². The molecule has 0 saturated heterocycles. The second-order valence-corrected chi connectivity index (χ2v) is 6.90. The molecule has 6 heteroatoms. The van der Waals surface area contributed by atoms with Gasteiger partial charge in [0, 0.05) is 25.8 Å². The van der Waals surface area contributed by atoms with Crippen molar-refractivity contribution in [2.24, 2.45) is 5.92 Å². The Hall–Kier alpha value is -1.50. The predicted octanol–water partition coefficient (Wildman–Crippen LogP) is 1.93. The third kappa shape index (κ3) is 5.26. The molecule has 1 aromatic heterocycles. The van der Waals surface area contributed by atoms with Gasteiger partial charge in [-0.15, -0.1) is 0 Å². The Kier molecular flexibility index (Phi) is 7.15. The lowest BCUT2D eigenvalue weighted by Crippen LogP contribution is -2.33. The van der Waals surface area contributed by atoms with Gasteiger partial charge in [-0.2, -0.15) is 0 Å². The molecule has 1 amide bonds. The van der Waals surface area contributed by atoms with Crippen LogP contribution in [0, 0.1) is 5.92 Å². The summed E-state index contributed by atoms with van der Waals surface area (Å²) in [7, 11) is 2.18. The average Bonchev–Trinajstić information content (AvgIpc) is 2.60. The van der Waals surface area contributed by atoms with Crippen LogP contribution < -0.4 is 5.48 Å². The van der Waals surface area contributed by atoms with Gasteiger partial charge in [0.15, 0.2) is 0 Å². The van der Waals surface area contributed by atoms with Crippen LogP contribution in [0.25, 0.3) is 0 Å². The van der Waals surface area contributed by atoms with Crippen molar-refractivity contribution in [3.05, 3.63) is 29.1 Å². The summed E-state index contributed by atoms with van der Waals surface area (Å²) in [6.07, 6.45) is 4.90. The summed E-state index contributed by atoms with van der Waals surface area (Å²) < 4.78 is 0. The number of hydrogen-bond donors (Lipinski definition) is 2. The molecule has 2 rings (SSSR count). The number of hydroxylamine groups is 1. The Morgan fingerprint density at radius 3 is 3.04 bits per heavy atom. The fourth-order valence-electron chi connectivity index (χ4n) is 3.26. The SMILES string of the molecule is CCN(C)CC(C)CCCN1CCc2cc(C(=O)NO)cnc2C1. The van der Waals surface area contributed by atoms with E-state index in [1.54, 1.807) is 5.48 Å². The smallest absolute Gasteiger partial charge is 0.276 e. The molecule has 1 aromatic rings. The third-order valence-electron chi connectivity index (χ3n) is 4.83. The zero-order valence-electron chi connectivity index (χ0n) is 15.1. The number of nitrogens with zero attached hydrogens (tertiary/aromatic N) is 3. The van der Waals surface area contributed by atoms with E-state index in [1.807, 2.05) is 6.07 Å². The van der Waals surface area contributed by atoms with Crippen LogP contribution in [0.3, 0.4) is 0 Å². The first kappa shape index (κ1) is 18.8. The molecule has 0 radical (unpaired) electrons. The second-order valence-electron chi connectivity index (χ2n) is 6.90. The Bertz CT molecular complexity index is 550. The van der Waals surface area contributed by atoms with Crippen LogP contribution in [0.5, 0.6) is 0 Å². The molecule has 2 N–H and O–H groups in total.